The van der Waals surface area contributed by atoms with Crippen molar-refractivity contribution in [2.45, 2.75) is 12.7 Å². The minimum atomic E-state index is -1.11. The van der Waals surface area contributed by atoms with Crippen molar-refractivity contribution in [2.24, 2.45) is 0 Å². The van der Waals surface area contributed by atoms with Crippen molar-refractivity contribution in [3.63, 3.8) is 0 Å². The van der Waals surface area contributed by atoms with E-state index in [2.05, 4.69) is 0 Å². The highest BCUT2D eigenvalue weighted by atomic mass is 35.5. The first kappa shape index (κ1) is 20.4. The van der Waals surface area contributed by atoms with Crippen molar-refractivity contribution in [1.82, 2.24) is 0 Å². The van der Waals surface area contributed by atoms with E-state index >= 15 is 0 Å². The van der Waals surface area contributed by atoms with Crippen LogP contribution in [0.3, 0.4) is 0 Å². The lowest BCUT2D eigenvalue weighted by Crippen LogP contribution is -2.20. The molecule has 3 aromatic carbocycles. The first-order valence-corrected chi connectivity index (χ1v) is 9.07. The van der Waals surface area contributed by atoms with Gasteiger partial charge in [-0.3, -0.25) is 0 Å². The lowest BCUT2D eigenvalue weighted by atomic mass is 10.1. The van der Waals surface area contributed by atoms with Crippen molar-refractivity contribution in [2.75, 3.05) is 7.11 Å². The van der Waals surface area contributed by atoms with Crippen LogP contribution >= 0.6 is 11.6 Å². The molecule has 7 heteroatoms. The molecule has 3 rings (SSSR count). The van der Waals surface area contributed by atoms with Gasteiger partial charge >= 0.3 is 5.97 Å². The number of rotatable bonds is 7. The number of esters is 1. The highest BCUT2D eigenvalue weighted by molar-refractivity contribution is 6.30. The number of ether oxygens (including phenoxy) is 3. The Morgan fingerprint density at radius 1 is 0.966 bits per heavy atom. The van der Waals surface area contributed by atoms with Crippen LogP contribution in [0.2, 0.25) is 5.02 Å². The lowest BCUT2D eigenvalue weighted by molar-refractivity contribution is -0.149. The number of carbonyl (C=O) groups excluding carboxylic acids is 1. The summed E-state index contributed by atoms with van der Waals surface area (Å²) in [5, 5.41) is 19.8. The molecule has 1 unspecified atom stereocenters. The summed E-state index contributed by atoms with van der Waals surface area (Å²) in [6.07, 6.45) is -1.11. The standard InChI is InChI=1S/C22H19ClO6/c1-27-22(26)21(15-5-3-7-18(25)11-15)29-19-9-8-16(23)12-20(19)28-13-14-4-2-6-17(24)10-14/h2-12,21,24-25H,13H2,1H3. The third kappa shape index (κ3) is 5.33. The fraction of sp³-hybridized carbons (Fsp3) is 0.136. The normalized spacial score (nSPS) is 11.5. The fourth-order valence-electron chi connectivity index (χ4n) is 2.67. The Hall–Kier alpha value is -3.38. The summed E-state index contributed by atoms with van der Waals surface area (Å²) in [5.74, 6) is 0.0763. The van der Waals surface area contributed by atoms with Crippen LogP contribution in [0, 0.1) is 0 Å². The average molecular weight is 415 g/mol. The largest absolute Gasteiger partial charge is 0.508 e. The molecular formula is C22H19ClO6. The van der Waals surface area contributed by atoms with E-state index in [0.29, 0.717) is 16.3 Å². The number of hydrogen-bond donors (Lipinski definition) is 2. The van der Waals surface area contributed by atoms with Gasteiger partial charge in [0.25, 0.3) is 0 Å². The van der Waals surface area contributed by atoms with Crippen LogP contribution in [0.1, 0.15) is 17.2 Å². The molecule has 0 heterocycles. The van der Waals surface area contributed by atoms with Gasteiger partial charge in [0.1, 0.15) is 18.1 Å². The summed E-state index contributed by atoms with van der Waals surface area (Å²) in [5.41, 5.74) is 1.17. The summed E-state index contributed by atoms with van der Waals surface area (Å²) in [6, 6.07) is 17.6. The molecule has 0 amide bonds. The fourth-order valence-corrected chi connectivity index (χ4v) is 2.84. The van der Waals surface area contributed by atoms with Gasteiger partial charge in [0, 0.05) is 16.7 Å². The van der Waals surface area contributed by atoms with Crippen molar-refractivity contribution < 1.29 is 29.2 Å². The van der Waals surface area contributed by atoms with Gasteiger partial charge in [0.05, 0.1) is 7.11 Å². The van der Waals surface area contributed by atoms with E-state index in [1.54, 1.807) is 54.6 Å². The summed E-state index contributed by atoms with van der Waals surface area (Å²) >= 11 is 6.09. The Kier molecular flexibility index (Phi) is 6.46. The maximum atomic E-state index is 12.3. The van der Waals surface area contributed by atoms with Crippen molar-refractivity contribution in [1.29, 1.82) is 0 Å². The second-order valence-corrected chi connectivity index (χ2v) is 6.60. The number of methoxy groups -OCH3 is 1. The second-order valence-electron chi connectivity index (χ2n) is 6.17. The van der Waals surface area contributed by atoms with Gasteiger partial charge in [-0.25, -0.2) is 4.79 Å². The topological polar surface area (TPSA) is 85.2 Å². The molecule has 0 aliphatic rings. The molecular weight excluding hydrogens is 396 g/mol. The third-order valence-electron chi connectivity index (χ3n) is 4.04. The van der Waals surface area contributed by atoms with Crippen LogP contribution < -0.4 is 9.47 Å². The van der Waals surface area contributed by atoms with Crippen molar-refractivity contribution >= 4 is 17.6 Å². The SMILES string of the molecule is COC(=O)C(Oc1ccc(Cl)cc1OCc1cccc(O)c1)c1cccc(O)c1. The van der Waals surface area contributed by atoms with Crippen LogP contribution in [0.15, 0.2) is 66.7 Å². The molecule has 0 saturated carbocycles. The zero-order valence-corrected chi connectivity index (χ0v) is 16.3. The molecule has 0 aromatic heterocycles. The van der Waals surface area contributed by atoms with E-state index < -0.39 is 12.1 Å². The first-order chi connectivity index (χ1) is 14.0. The molecule has 0 aliphatic carbocycles. The van der Waals surface area contributed by atoms with Crippen LogP contribution in [0.4, 0.5) is 0 Å². The van der Waals surface area contributed by atoms with E-state index in [9.17, 15) is 15.0 Å². The molecule has 0 spiro atoms. The Balaban J connectivity index is 1.87. The summed E-state index contributed by atoms with van der Waals surface area (Å²) in [7, 11) is 1.25. The van der Waals surface area contributed by atoms with Crippen LogP contribution in [0.5, 0.6) is 23.0 Å². The van der Waals surface area contributed by atoms with Gasteiger partial charge in [-0.1, -0.05) is 35.9 Å². The van der Waals surface area contributed by atoms with Gasteiger partial charge in [-0.2, -0.15) is 0 Å². The minimum absolute atomic E-state index is 0.00327. The molecule has 0 fully saturated rings. The van der Waals surface area contributed by atoms with Gasteiger partial charge in [0.2, 0.25) is 6.10 Å². The van der Waals surface area contributed by atoms with Gasteiger partial charge in [0.15, 0.2) is 11.5 Å². The number of aromatic hydroxyl groups is 2. The molecule has 0 saturated heterocycles. The van der Waals surface area contributed by atoms with Crippen LogP contribution in [-0.4, -0.2) is 23.3 Å². The van der Waals surface area contributed by atoms with E-state index in [-0.39, 0.29) is 23.9 Å². The van der Waals surface area contributed by atoms with Gasteiger partial charge in [-0.05, 0) is 42.0 Å². The van der Waals surface area contributed by atoms with E-state index in [4.69, 9.17) is 25.8 Å². The van der Waals surface area contributed by atoms with Gasteiger partial charge in [-0.15, -0.1) is 0 Å². The second kappa shape index (κ2) is 9.21. The number of phenolic OH excluding ortho intramolecular Hbond substituents is 2. The number of carbonyl (C=O) groups is 1. The Morgan fingerprint density at radius 2 is 1.69 bits per heavy atom. The highest BCUT2D eigenvalue weighted by Gasteiger charge is 2.25. The van der Waals surface area contributed by atoms with E-state index in [1.165, 1.54) is 19.2 Å². The Labute approximate surface area is 172 Å². The van der Waals surface area contributed by atoms with E-state index in [1.807, 2.05) is 0 Å². The Morgan fingerprint density at radius 3 is 2.38 bits per heavy atom. The summed E-state index contributed by atoms with van der Waals surface area (Å²) in [4.78, 5) is 12.3. The zero-order valence-electron chi connectivity index (χ0n) is 15.5. The molecule has 150 valence electrons. The molecule has 29 heavy (non-hydrogen) atoms. The maximum Gasteiger partial charge on any atom is 0.351 e. The number of benzene rings is 3. The molecule has 6 nitrogen and oxygen atoms in total. The number of phenols is 2. The number of hydrogen-bond acceptors (Lipinski definition) is 6. The van der Waals surface area contributed by atoms with Crippen LogP contribution in [0.25, 0.3) is 0 Å². The van der Waals surface area contributed by atoms with Crippen molar-refractivity contribution in [3.05, 3.63) is 82.9 Å². The molecule has 0 aliphatic heterocycles. The highest BCUT2D eigenvalue weighted by Crippen LogP contribution is 2.35. The zero-order chi connectivity index (χ0) is 20.8. The van der Waals surface area contributed by atoms with E-state index in [0.717, 1.165) is 5.56 Å². The molecule has 3 aromatic rings. The smallest absolute Gasteiger partial charge is 0.351 e. The lowest BCUT2D eigenvalue weighted by Gasteiger charge is -2.20. The Bertz CT molecular complexity index is 1000. The van der Waals surface area contributed by atoms with Crippen molar-refractivity contribution in [3.8, 4) is 23.0 Å². The predicted molar refractivity (Wildman–Crippen MR) is 107 cm³/mol. The average Bonchev–Trinajstić information content (AvgIpc) is 2.71. The quantitative estimate of drug-likeness (QED) is 0.548. The minimum Gasteiger partial charge on any atom is -0.508 e. The first-order valence-electron chi connectivity index (χ1n) is 8.70. The van der Waals surface area contributed by atoms with Gasteiger partial charge < -0.3 is 24.4 Å². The summed E-state index contributed by atoms with van der Waals surface area (Å²) in [6.45, 7) is 0.153. The van der Waals surface area contributed by atoms with Crippen LogP contribution in [-0.2, 0) is 16.1 Å². The molecule has 0 radical (unpaired) electrons. The molecule has 2 N–H and O–H groups in total. The predicted octanol–water partition coefficient (Wildman–Crippen LogP) is 4.62. The third-order valence-corrected chi connectivity index (χ3v) is 4.28. The molecule has 1 atom stereocenters. The maximum absolute atomic E-state index is 12.3. The summed E-state index contributed by atoms with van der Waals surface area (Å²) < 4.78 is 16.5. The monoisotopic (exact) mass is 414 g/mol. The molecule has 0 bridgehead atoms. The number of halogens is 1.